The Kier molecular flexibility index (Phi) is 3.38. The minimum atomic E-state index is 0.0343. The number of carbonyl (C=O) groups is 1. The highest BCUT2D eigenvalue weighted by Gasteiger charge is 2.42. The molecule has 2 fully saturated rings. The van der Waals surface area contributed by atoms with Gasteiger partial charge in [-0.25, -0.2) is 9.97 Å². The molecule has 3 heterocycles. The van der Waals surface area contributed by atoms with Crippen LogP contribution < -0.4 is 10.6 Å². The van der Waals surface area contributed by atoms with E-state index in [1.54, 1.807) is 6.20 Å². The third kappa shape index (κ3) is 2.31. The average Bonchev–Trinajstić information content (AvgIpc) is 2.94. The number of nitrogens with one attached hydrogen (secondary N) is 2. The van der Waals surface area contributed by atoms with E-state index in [2.05, 4.69) is 52.5 Å². The monoisotopic (exact) mass is 374 g/mol. The largest absolute Gasteiger partial charge is 0.310 e. The van der Waals surface area contributed by atoms with E-state index in [9.17, 15) is 4.79 Å². The second-order valence-electron chi connectivity index (χ2n) is 4.71. The van der Waals surface area contributed by atoms with Gasteiger partial charge in [-0.3, -0.25) is 4.79 Å². The van der Waals surface area contributed by atoms with Gasteiger partial charge in [0.25, 0.3) is 0 Å². The van der Waals surface area contributed by atoms with Gasteiger partial charge in [-0.2, -0.15) is 0 Å². The number of fused-ring (bicyclic) bond motifs is 2. The molecule has 0 aromatic carbocycles. The van der Waals surface area contributed by atoms with Gasteiger partial charge >= 0.3 is 0 Å². The SMILES string of the molecule is O=C(Nc1ncc(Br)nc1Br)C1CC2CCC1N2. The molecule has 2 bridgehead atoms. The Morgan fingerprint density at radius 3 is 2.89 bits per heavy atom. The summed E-state index contributed by atoms with van der Waals surface area (Å²) in [4.78, 5) is 20.5. The lowest BCUT2D eigenvalue weighted by atomic mass is 9.88. The van der Waals surface area contributed by atoms with Crippen molar-refractivity contribution in [2.24, 2.45) is 5.92 Å². The van der Waals surface area contributed by atoms with Crippen molar-refractivity contribution in [3.8, 4) is 0 Å². The highest BCUT2D eigenvalue weighted by molar-refractivity contribution is 9.11. The lowest BCUT2D eigenvalue weighted by Gasteiger charge is -2.19. The molecule has 0 saturated carbocycles. The molecule has 1 aromatic heterocycles. The van der Waals surface area contributed by atoms with E-state index in [0.717, 1.165) is 12.8 Å². The molecule has 0 radical (unpaired) electrons. The normalized spacial score (nSPS) is 29.6. The van der Waals surface area contributed by atoms with Crippen LogP contribution in [0.3, 0.4) is 0 Å². The number of rotatable bonds is 2. The van der Waals surface area contributed by atoms with Gasteiger partial charge in [0.1, 0.15) is 9.21 Å². The maximum Gasteiger partial charge on any atom is 0.230 e. The van der Waals surface area contributed by atoms with Crippen molar-refractivity contribution in [1.29, 1.82) is 0 Å². The number of anilines is 1. The Balaban J connectivity index is 1.71. The first-order valence-electron chi connectivity index (χ1n) is 5.88. The highest BCUT2D eigenvalue weighted by atomic mass is 79.9. The zero-order valence-electron chi connectivity index (χ0n) is 9.49. The predicted molar refractivity (Wildman–Crippen MR) is 74.1 cm³/mol. The first-order valence-corrected chi connectivity index (χ1v) is 7.47. The maximum atomic E-state index is 12.2. The van der Waals surface area contributed by atoms with E-state index < -0.39 is 0 Å². The number of amides is 1. The summed E-state index contributed by atoms with van der Waals surface area (Å²) in [7, 11) is 0. The number of aromatic nitrogens is 2. The molecule has 3 rings (SSSR count). The van der Waals surface area contributed by atoms with Gasteiger partial charge in [0.15, 0.2) is 5.82 Å². The summed E-state index contributed by atoms with van der Waals surface area (Å²) in [6.07, 6.45) is 4.78. The molecule has 0 aliphatic carbocycles. The summed E-state index contributed by atoms with van der Waals surface area (Å²) in [5.74, 6) is 0.569. The van der Waals surface area contributed by atoms with E-state index in [4.69, 9.17) is 0 Å². The molecule has 3 unspecified atom stereocenters. The van der Waals surface area contributed by atoms with Crippen LogP contribution in [0.25, 0.3) is 0 Å². The van der Waals surface area contributed by atoms with E-state index in [1.165, 1.54) is 6.42 Å². The molecule has 0 spiro atoms. The van der Waals surface area contributed by atoms with Gasteiger partial charge in [-0.1, -0.05) is 0 Å². The van der Waals surface area contributed by atoms with Crippen molar-refractivity contribution < 1.29 is 4.79 Å². The summed E-state index contributed by atoms with van der Waals surface area (Å²) in [5.41, 5.74) is 0. The Morgan fingerprint density at radius 2 is 2.28 bits per heavy atom. The molecule has 2 aliphatic rings. The molecule has 5 nitrogen and oxygen atoms in total. The van der Waals surface area contributed by atoms with Gasteiger partial charge < -0.3 is 10.6 Å². The van der Waals surface area contributed by atoms with E-state index in [1.807, 2.05) is 0 Å². The van der Waals surface area contributed by atoms with E-state index >= 15 is 0 Å². The fraction of sp³-hybridized carbons (Fsp3) is 0.545. The quantitative estimate of drug-likeness (QED) is 0.830. The summed E-state index contributed by atoms with van der Waals surface area (Å²) in [6.45, 7) is 0. The molecular formula is C11H12Br2N4O. The zero-order chi connectivity index (χ0) is 12.7. The molecule has 3 atom stereocenters. The van der Waals surface area contributed by atoms with Gasteiger partial charge in [-0.15, -0.1) is 0 Å². The minimum absolute atomic E-state index is 0.0343. The minimum Gasteiger partial charge on any atom is -0.310 e. The van der Waals surface area contributed by atoms with Gasteiger partial charge in [-0.05, 0) is 51.1 Å². The van der Waals surface area contributed by atoms with Crippen LogP contribution >= 0.6 is 31.9 Å². The number of carbonyl (C=O) groups excluding carboxylic acids is 1. The van der Waals surface area contributed by atoms with Gasteiger partial charge in [0, 0.05) is 12.1 Å². The number of nitrogens with zero attached hydrogens (tertiary/aromatic N) is 2. The number of hydrogen-bond donors (Lipinski definition) is 2. The zero-order valence-corrected chi connectivity index (χ0v) is 12.7. The van der Waals surface area contributed by atoms with E-state index in [-0.39, 0.29) is 11.8 Å². The van der Waals surface area contributed by atoms with Crippen molar-refractivity contribution in [1.82, 2.24) is 15.3 Å². The molecule has 2 aliphatic heterocycles. The van der Waals surface area contributed by atoms with Crippen molar-refractivity contribution in [3.63, 3.8) is 0 Å². The van der Waals surface area contributed by atoms with Crippen LogP contribution in [0.1, 0.15) is 19.3 Å². The number of halogens is 2. The molecular weight excluding hydrogens is 364 g/mol. The molecule has 2 N–H and O–H groups in total. The standard InChI is InChI=1S/C11H12Br2N4O/c12-8-4-14-10(9(13)16-8)17-11(18)6-3-5-1-2-7(6)15-5/h4-7,15H,1-3H2,(H,14,17,18). The first-order chi connectivity index (χ1) is 8.63. The smallest absolute Gasteiger partial charge is 0.230 e. The van der Waals surface area contributed by atoms with Crippen molar-refractivity contribution in [3.05, 3.63) is 15.4 Å². The molecule has 96 valence electrons. The molecule has 7 heteroatoms. The molecule has 1 aromatic rings. The maximum absolute atomic E-state index is 12.2. The molecule has 2 saturated heterocycles. The predicted octanol–water partition coefficient (Wildman–Crippen LogP) is 2.08. The van der Waals surface area contributed by atoms with Gasteiger partial charge in [0.05, 0.1) is 12.1 Å². The van der Waals surface area contributed by atoms with Crippen LogP contribution in [0.5, 0.6) is 0 Å². The van der Waals surface area contributed by atoms with Crippen molar-refractivity contribution >= 4 is 43.6 Å². The molecule has 1 amide bonds. The highest BCUT2D eigenvalue weighted by Crippen LogP contribution is 2.34. The second kappa shape index (κ2) is 4.86. The third-order valence-corrected chi connectivity index (χ3v) is 4.51. The fourth-order valence-electron chi connectivity index (χ4n) is 2.75. The lowest BCUT2D eigenvalue weighted by Crippen LogP contribution is -2.33. The number of hydrogen-bond acceptors (Lipinski definition) is 4. The fourth-order valence-corrected chi connectivity index (χ4v) is 3.66. The summed E-state index contributed by atoms with van der Waals surface area (Å²) in [6, 6.07) is 0.849. The first kappa shape index (κ1) is 12.5. The van der Waals surface area contributed by atoms with Crippen LogP contribution in [0, 0.1) is 5.92 Å². The van der Waals surface area contributed by atoms with Crippen molar-refractivity contribution in [2.45, 2.75) is 31.3 Å². The lowest BCUT2D eigenvalue weighted by molar-refractivity contribution is -0.120. The van der Waals surface area contributed by atoms with Gasteiger partial charge in [0.2, 0.25) is 5.91 Å². The van der Waals surface area contributed by atoms with Crippen LogP contribution in [0.4, 0.5) is 5.82 Å². The Bertz CT molecular complexity index is 496. The van der Waals surface area contributed by atoms with Crippen molar-refractivity contribution in [2.75, 3.05) is 5.32 Å². The van der Waals surface area contributed by atoms with Crippen LogP contribution in [0.15, 0.2) is 15.4 Å². The van der Waals surface area contributed by atoms with Crippen LogP contribution in [-0.2, 0) is 4.79 Å². The summed E-state index contributed by atoms with van der Waals surface area (Å²) in [5, 5.41) is 6.30. The Morgan fingerprint density at radius 1 is 1.44 bits per heavy atom. The second-order valence-corrected chi connectivity index (χ2v) is 6.27. The molecule has 18 heavy (non-hydrogen) atoms. The van der Waals surface area contributed by atoms with E-state index in [0.29, 0.717) is 27.1 Å². The Hall–Kier alpha value is -0.530. The summed E-state index contributed by atoms with van der Waals surface area (Å²) < 4.78 is 1.18. The average molecular weight is 376 g/mol. The summed E-state index contributed by atoms with van der Waals surface area (Å²) >= 11 is 6.52. The third-order valence-electron chi connectivity index (χ3n) is 3.58. The van der Waals surface area contributed by atoms with Crippen LogP contribution in [0.2, 0.25) is 0 Å². The topological polar surface area (TPSA) is 66.9 Å². The van der Waals surface area contributed by atoms with Crippen LogP contribution in [-0.4, -0.2) is 28.0 Å². The Labute approximate surface area is 121 Å².